The molecule has 1 unspecified atom stereocenters. The molecule has 1 amide bonds. The number of nitrogens with one attached hydrogen (secondary N) is 1. The fourth-order valence-corrected chi connectivity index (χ4v) is 4.00. The van der Waals surface area contributed by atoms with E-state index in [4.69, 9.17) is 16.6 Å². The second-order valence-electron chi connectivity index (χ2n) is 7.32. The number of aromatic nitrogens is 3. The minimum absolute atomic E-state index is 0.0446. The number of carbonyl (C=O) groups is 1. The summed E-state index contributed by atoms with van der Waals surface area (Å²) in [5.74, 6) is 0.291. The first-order valence-corrected chi connectivity index (χ1v) is 9.98. The summed E-state index contributed by atoms with van der Waals surface area (Å²) in [4.78, 5) is 19.7. The zero-order valence-electron chi connectivity index (χ0n) is 15.9. The molecule has 3 heterocycles. The Kier molecular flexibility index (Phi) is 5.44. The molecule has 28 heavy (non-hydrogen) atoms. The largest absolute Gasteiger partial charge is 0.338 e. The van der Waals surface area contributed by atoms with Crippen LogP contribution in [0, 0.1) is 6.92 Å². The van der Waals surface area contributed by atoms with Crippen LogP contribution < -0.4 is 0 Å². The van der Waals surface area contributed by atoms with E-state index in [0.29, 0.717) is 18.5 Å². The topological polar surface area (TPSA) is 61.9 Å². The molecule has 0 saturated carbocycles. The molecule has 6 heteroatoms. The van der Waals surface area contributed by atoms with E-state index in [1.54, 1.807) is 6.20 Å². The molecule has 1 atom stereocenters. The summed E-state index contributed by atoms with van der Waals surface area (Å²) in [7, 11) is 0. The average Bonchev–Trinajstić information content (AvgIpc) is 3.15. The Morgan fingerprint density at radius 3 is 2.89 bits per heavy atom. The van der Waals surface area contributed by atoms with E-state index >= 15 is 0 Å². The van der Waals surface area contributed by atoms with Gasteiger partial charge >= 0.3 is 0 Å². The van der Waals surface area contributed by atoms with Crippen LogP contribution in [0.4, 0.5) is 0 Å². The third-order valence-corrected chi connectivity index (χ3v) is 5.71. The minimum Gasteiger partial charge on any atom is -0.338 e. The van der Waals surface area contributed by atoms with Crippen molar-refractivity contribution in [2.45, 2.75) is 32.1 Å². The molecule has 1 N–H and O–H groups in total. The van der Waals surface area contributed by atoms with E-state index in [-0.39, 0.29) is 11.8 Å². The molecule has 1 aliphatic rings. The van der Waals surface area contributed by atoms with Gasteiger partial charge in [0.2, 0.25) is 0 Å². The van der Waals surface area contributed by atoms with Crippen LogP contribution in [0.2, 0.25) is 5.02 Å². The number of pyridine rings is 1. The Hall–Kier alpha value is -2.66. The summed E-state index contributed by atoms with van der Waals surface area (Å²) in [6, 6.07) is 14.0. The molecule has 1 fully saturated rings. The SMILES string of the molecule is Cc1[nH]ncc1C(=O)N1CCCC(c2cccc(Cc3ccccc3Cl)n2)C1. The second kappa shape index (κ2) is 8.15. The van der Waals surface area contributed by atoms with Gasteiger partial charge in [0.25, 0.3) is 5.91 Å². The zero-order valence-corrected chi connectivity index (χ0v) is 16.6. The number of aromatic amines is 1. The van der Waals surface area contributed by atoms with Gasteiger partial charge in [0.1, 0.15) is 0 Å². The van der Waals surface area contributed by atoms with Gasteiger partial charge in [-0.1, -0.05) is 35.9 Å². The summed E-state index contributed by atoms with van der Waals surface area (Å²) >= 11 is 6.30. The van der Waals surface area contributed by atoms with Crippen molar-refractivity contribution >= 4 is 17.5 Å². The van der Waals surface area contributed by atoms with E-state index in [1.807, 2.05) is 42.2 Å². The summed E-state index contributed by atoms with van der Waals surface area (Å²) in [6.07, 6.45) is 4.33. The maximum atomic E-state index is 12.8. The number of benzene rings is 1. The van der Waals surface area contributed by atoms with E-state index in [2.05, 4.69) is 22.3 Å². The zero-order chi connectivity index (χ0) is 19.5. The third kappa shape index (κ3) is 3.94. The standard InChI is InChI=1S/C22H23ClN4O/c1-15-19(13-24-26-15)22(28)27-11-5-7-17(14-27)21-10-4-8-18(25-21)12-16-6-2-3-9-20(16)23/h2-4,6,8-10,13,17H,5,7,11-12,14H2,1H3,(H,24,26). The Morgan fingerprint density at radius 1 is 1.25 bits per heavy atom. The molecular formula is C22H23ClN4O. The molecular weight excluding hydrogens is 372 g/mol. The predicted molar refractivity (Wildman–Crippen MR) is 110 cm³/mol. The van der Waals surface area contributed by atoms with Crippen LogP contribution >= 0.6 is 11.6 Å². The van der Waals surface area contributed by atoms with Crippen molar-refractivity contribution in [3.8, 4) is 0 Å². The summed E-state index contributed by atoms with van der Waals surface area (Å²) < 4.78 is 0. The minimum atomic E-state index is 0.0446. The molecule has 144 valence electrons. The number of rotatable bonds is 4. The maximum Gasteiger partial charge on any atom is 0.257 e. The molecule has 0 aliphatic carbocycles. The van der Waals surface area contributed by atoms with Crippen LogP contribution in [0.25, 0.3) is 0 Å². The number of amides is 1. The number of hydrogen-bond donors (Lipinski definition) is 1. The summed E-state index contributed by atoms with van der Waals surface area (Å²) in [5.41, 5.74) is 4.59. The molecule has 2 aromatic heterocycles. The monoisotopic (exact) mass is 394 g/mol. The fourth-order valence-electron chi connectivity index (χ4n) is 3.80. The van der Waals surface area contributed by atoms with Crippen LogP contribution in [-0.2, 0) is 6.42 Å². The van der Waals surface area contributed by atoms with Gasteiger partial charge in [-0.05, 0) is 43.5 Å². The third-order valence-electron chi connectivity index (χ3n) is 5.34. The lowest BCUT2D eigenvalue weighted by Gasteiger charge is -2.32. The van der Waals surface area contributed by atoms with Crippen molar-refractivity contribution in [3.05, 3.63) is 81.9 Å². The van der Waals surface area contributed by atoms with Gasteiger partial charge in [-0.3, -0.25) is 14.9 Å². The van der Waals surface area contributed by atoms with E-state index < -0.39 is 0 Å². The first-order chi connectivity index (χ1) is 13.6. The van der Waals surface area contributed by atoms with Gasteiger partial charge in [-0.15, -0.1) is 0 Å². The molecule has 4 rings (SSSR count). The van der Waals surface area contributed by atoms with Gasteiger partial charge in [0.15, 0.2) is 0 Å². The Morgan fingerprint density at radius 2 is 2.11 bits per heavy atom. The number of carbonyl (C=O) groups excluding carboxylic acids is 1. The van der Waals surface area contributed by atoms with Gasteiger partial charge in [-0.2, -0.15) is 5.10 Å². The first kappa shape index (κ1) is 18.7. The quantitative estimate of drug-likeness (QED) is 0.714. The average molecular weight is 395 g/mol. The number of aryl methyl sites for hydroxylation is 1. The highest BCUT2D eigenvalue weighted by atomic mass is 35.5. The van der Waals surface area contributed by atoms with E-state index in [9.17, 15) is 4.79 Å². The number of nitrogens with zero attached hydrogens (tertiary/aromatic N) is 3. The van der Waals surface area contributed by atoms with Crippen molar-refractivity contribution in [3.63, 3.8) is 0 Å². The molecule has 1 saturated heterocycles. The lowest BCUT2D eigenvalue weighted by molar-refractivity contribution is 0.0705. The molecule has 0 radical (unpaired) electrons. The first-order valence-electron chi connectivity index (χ1n) is 9.60. The maximum absolute atomic E-state index is 12.8. The lowest BCUT2D eigenvalue weighted by atomic mass is 9.93. The van der Waals surface area contributed by atoms with Crippen molar-refractivity contribution in [2.24, 2.45) is 0 Å². The molecule has 5 nitrogen and oxygen atoms in total. The van der Waals surface area contributed by atoms with Crippen molar-refractivity contribution in [1.82, 2.24) is 20.1 Å². The van der Waals surface area contributed by atoms with Crippen molar-refractivity contribution in [2.75, 3.05) is 13.1 Å². The van der Waals surface area contributed by atoms with Crippen LogP contribution in [0.3, 0.4) is 0 Å². The smallest absolute Gasteiger partial charge is 0.257 e. The Bertz CT molecular complexity index is 984. The van der Waals surface area contributed by atoms with Gasteiger partial charge < -0.3 is 4.90 Å². The Balaban J connectivity index is 1.50. The van der Waals surface area contributed by atoms with Gasteiger partial charge in [-0.25, -0.2) is 0 Å². The normalized spacial score (nSPS) is 16.9. The second-order valence-corrected chi connectivity index (χ2v) is 7.73. The molecule has 1 aromatic carbocycles. The Labute approximate surface area is 169 Å². The summed E-state index contributed by atoms with van der Waals surface area (Å²) in [6.45, 7) is 3.34. The lowest BCUT2D eigenvalue weighted by Crippen LogP contribution is -2.39. The highest BCUT2D eigenvalue weighted by Crippen LogP contribution is 2.27. The van der Waals surface area contributed by atoms with Crippen molar-refractivity contribution in [1.29, 1.82) is 0 Å². The number of halogens is 1. The number of H-pyrrole nitrogens is 1. The van der Waals surface area contributed by atoms with Crippen LogP contribution in [0.1, 0.15) is 51.8 Å². The fraction of sp³-hybridized carbons (Fsp3) is 0.318. The molecule has 1 aliphatic heterocycles. The molecule has 3 aromatic rings. The highest BCUT2D eigenvalue weighted by Gasteiger charge is 2.27. The van der Waals surface area contributed by atoms with Gasteiger partial charge in [0.05, 0.1) is 11.8 Å². The number of likely N-dealkylation sites (tertiary alicyclic amines) is 1. The van der Waals surface area contributed by atoms with Crippen molar-refractivity contribution < 1.29 is 4.79 Å². The van der Waals surface area contributed by atoms with Crippen LogP contribution in [0.5, 0.6) is 0 Å². The number of piperidine rings is 1. The summed E-state index contributed by atoms with van der Waals surface area (Å²) in [5, 5.41) is 7.59. The van der Waals surface area contributed by atoms with E-state index in [0.717, 1.165) is 47.1 Å². The van der Waals surface area contributed by atoms with Gasteiger partial charge in [0, 0.05) is 47.5 Å². The van der Waals surface area contributed by atoms with Crippen LogP contribution in [-0.4, -0.2) is 39.1 Å². The van der Waals surface area contributed by atoms with E-state index in [1.165, 1.54) is 0 Å². The van der Waals surface area contributed by atoms with Crippen LogP contribution in [0.15, 0.2) is 48.7 Å². The number of hydrogen-bond acceptors (Lipinski definition) is 3. The molecule has 0 bridgehead atoms. The predicted octanol–water partition coefficient (Wildman–Crippen LogP) is 4.38. The highest BCUT2D eigenvalue weighted by molar-refractivity contribution is 6.31. The molecule has 0 spiro atoms.